The van der Waals surface area contributed by atoms with Crippen LogP contribution in [0.1, 0.15) is 13.3 Å². The van der Waals surface area contributed by atoms with E-state index in [1.54, 1.807) is 0 Å². The van der Waals surface area contributed by atoms with E-state index < -0.39 is 28.8 Å². The highest BCUT2D eigenvalue weighted by Crippen LogP contribution is 2.33. The van der Waals surface area contributed by atoms with Crippen molar-refractivity contribution in [1.82, 2.24) is 0 Å². The molecule has 1 heterocycles. The fourth-order valence-corrected chi connectivity index (χ4v) is 1.72. The van der Waals surface area contributed by atoms with Crippen molar-refractivity contribution in [1.29, 1.82) is 0 Å². The molecule has 0 saturated carbocycles. The first kappa shape index (κ1) is 12.9. The third-order valence-corrected chi connectivity index (χ3v) is 3.20. The number of anilines is 1. The van der Waals surface area contributed by atoms with E-state index in [1.165, 1.54) is 0 Å². The summed E-state index contributed by atoms with van der Waals surface area (Å²) in [6.07, 6.45) is 0.532. The maximum Gasteiger partial charge on any atom is 0.235 e. The summed E-state index contributed by atoms with van der Waals surface area (Å²) in [6.45, 7) is 2.31. The van der Waals surface area contributed by atoms with Crippen LogP contribution >= 0.6 is 0 Å². The maximum absolute atomic E-state index is 13.4. The molecule has 6 heteroatoms. The summed E-state index contributed by atoms with van der Waals surface area (Å²) in [7, 11) is 0. The van der Waals surface area contributed by atoms with E-state index >= 15 is 0 Å². The summed E-state index contributed by atoms with van der Waals surface area (Å²) >= 11 is 0. The van der Waals surface area contributed by atoms with Gasteiger partial charge < -0.3 is 10.1 Å². The van der Waals surface area contributed by atoms with Crippen molar-refractivity contribution in [2.45, 2.75) is 13.3 Å². The number of amides is 1. The second-order valence-corrected chi connectivity index (χ2v) is 4.30. The van der Waals surface area contributed by atoms with Crippen molar-refractivity contribution in [3.05, 3.63) is 29.6 Å². The van der Waals surface area contributed by atoms with Gasteiger partial charge in [0.2, 0.25) is 5.91 Å². The van der Waals surface area contributed by atoms with Crippen LogP contribution in [0.2, 0.25) is 0 Å². The first-order valence-corrected chi connectivity index (χ1v) is 5.53. The van der Waals surface area contributed by atoms with Crippen LogP contribution in [0.3, 0.4) is 0 Å². The molecule has 0 aliphatic carbocycles. The molecule has 18 heavy (non-hydrogen) atoms. The number of carbonyl (C=O) groups excluding carboxylic acids is 1. The van der Waals surface area contributed by atoms with Gasteiger partial charge in [0.25, 0.3) is 0 Å². The topological polar surface area (TPSA) is 38.3 Å². The fraction of sp³-hybridized carbons (Fsp3) is 0.417. The zero-order valence-electron chi connectivity index (χ0n) is 9.73. The molecule has 1 N–H and O–H groups in total. The molecule has 1 aromatic rings. The van der Waals surface area contributed by atoms with Crippen molar-refractivity contribution < 1.29 is 22.7 Å². The summed E-state index contributed by atoms with van der Waals surface area (Å²) in [4.78, 5) is 11.9. The van der Waals surface area contributed by atoms with Gasteiger partial charge in [0.1, 0.15) is 0 Å². The van der Waals surface area contributed by atoms with E-state index in [4.69, 9.17) is 4.74 Å². The van der Waals surface area contributed by atoms with Crippen LogP contribution in [0.5, 0.6) is 0 Å². The van der Waals surface area contributed by atoms with E-state index in [0.29, 0.717) is 6.42 Å². The third-order valence-electron chi connectivity index (χ3n) is 3.20. The molecule has 1 fully saturated rings. The second kappa shape index (κ2) is 4.61. The average Bonchev–Trinajstić information content (AvgIpc) is 2.29. The number of carbonyl (C=O) groups is 1. The maximum atomic E-state index is 13.4. The Morgan fingerprint density at radius 1 is 1.33 bits per heavy atom. The lowest BCUT2D eigenvalue weighted by atomic mass is 9.82. The van der Waals surface area contributed by atoms with Gasteiger partial charge >= 0.3 is 0 Å². The van der Waals surface area contributed by atoms with Gasteiger partial charge in [-0.05, 0) is 18.6 Å². The Labute approximate surface area is 102 Å². The standard InChI is InChI=1S/C12H12F3NO2/c1-2-12(5-18-6-12)11(17)16-8-4-3-7(13)9(14)10(8)15/h3-4H,2,5-6H2,1H3,(H,16,17). The highest BCUT2D eigenvalue weighted by Gasteiger charge is 2.44. The molecule has 1 aliphatic heterocycles. The molecule has 3 nitrogen and oxygen atoms in total. The molecule has 2 rings (SSSR count). The number of rotatable bonds is 3. The zero-order chi connectivity index (χ0) is 13.3. The van der Waals surface area contributed by atoms with Crippen molar-refractivity contribution in [3.8, 4) is 0 Å². The molecule has 0 atom stereocenters. The van der Waals surface area contributed by atoms with Crippen molar-refractivity contribution in [2.75, 3.05) is 18.5 Å². The van der Waals surface area contributed by atoms with Crippen molar-refractivity contribution in [2.24, 2.45) is 5.41 Å². The number of hydrogen-bond acceptors (Lipinski definition) is 2. The van der Waals surface area contributed by atoms with E-state index in [0.717, 1.165) is 12.1 Å². The monoisotopic (exact) mass is 259 g/mol. The van der Waals surface area contributed by atoms with Gasteiger partial charge in [0.05, 0.1) is 24.3 Å². The number of hydrogen-bond donors (Lipinski definition) is 1. The molecule has 1 amide bonds. The van der Waals surface area contributed by atoms with Gasteiger partial charge in [-0.2, -0.15) is 0 Å². The molecule has 1 aromatic carbocycles. The molecular formula is C12H12F3NO2. The van der Waals surface area contributed by atoms with Crippen LogP contribution < -0.4 is 5.32 Å². The van der Waals surface area contributed by atoms with Crippen LogP contribution in [-0.2, 0) is 9.53 Å². The van der Waals surface area contributed by atoms with Crippen LogP contribution in [0.4, 0.5) is 18.9 Å². The predicted molar refractivity (Wildman–Crippen MR) is 58.5 cm³/mol. The zero-order valence-corrected chi connectivity index (χ0v) is 9.73. The fourth-order valence-electron chi connectivity index (χ4n) is 1.72. The van der Waals surface area contributed by atoms with Gasteiger partial charge in [0.15, 0.2) is 17.5 Å². The minimum Gasteiger partial charge on any atom is -0.379 e. The van der Waals surface area contributed by atoms with Crippen molar-refractivity contribution in [3.63, 3.8) is 0 Å². The van der Waals surface area contributed by atoms with Crippen LogP contribution in [0, 0.1) is 22.9 Å². The largest absolute Gasteiger partial charge is 0.379 e. The molecule has 0 radical (unpaired) electrons. The molecule has 0 unspecified atom stereocenters. The summed E-state index contributed by atoms with van der Waals surface area (Å²) in [5, 5.41) is 2.27. The lowest BCUT2D eigenvalue weighted by molar-refractivity contribution is -0.156. The first-order valence-electron chi connectivity index (χ1n) is 5.53. The number of ether oxygens (including phenoxy) is 1. The summed E-state index contributed by atoms with van der Waals surface area (Å²) in [6, 6.07) is 1.76. The number of halogens is 3. The lowest BCUT2D eigenvalue weighted by Crippen LogP contribution is -2.51. The molecule has 0 bridgehead atoms. The summed E-state index contributed by atoms with van der Waals surface area (Å²) in [5.74, 6) is -4.72. The molecular weight excluding hydrogens is 247 g/mol. The Balaban J connectivity index is 2.20. The van der Waals surface area contributed by atoms with Gasteiger partial charge in [-0.3, -0.25) is 4.79 Å². The highest BCUT2D eigenvalue weighted by atomic mass is 19.2. The second-order valence-electron chi connectivity index (χ2n) is 4.30. The van der Waals surface area contributed by atoms with Crippen LogP contribution in [0.15, 0.2) is 12.1 Å². The highest BCUT2D eigenvalue weighted by molar-refractivity contribution is 5.96. The van der Waals surface area contributed by atoms with Crippen molar-refractivity contribution >= 4 is 11.6 Å². The molecule has 1 saturated heterocycles. The van der Waals surface area contributed by atoms with Crippen LogP contribution in [0.25, 0.3) is 0 Å². The van der Waals surface area contributed by atoms with Gasteiger partial charge in [-0.25, -0.2) is 13.2 Å². The Morgan fingerprint density at radius 2 is 2.00 bits per heavy atom. The minimum absolute atomic E-state index is 0.251. The summed E-state index contributed by atoms with van der Waals surface area (Å²) < 4.78 is 44.1. The van der Waals surface area contributed by atoms with E-state index in [-0.39, 0.29) is 18.9 Å². The van der Waals surface area contributed by atoms with E-state index in [9.17, 15) is 18.0 Å². The Morgan fingerprint density at radius 3 is 2.50 bits per heavy atom. The molecule has 0 aromatic heterocycles. The Bertz CT molecular complexity index is 481. The number of nitrogens with one attached hydrogen (secondary N) is 1. The predicted octanol–water partition coefficient (Wildman–Crippen LogP) is 2.47. The molecule has 98 valence electrons. The lowest BCUT2D eigenvalue weighted by Gasteiger charge is -2.38. The van der Waals surface area contributed by atoms with Crippen LogP contribution in [-0.4, -0.2) is 19.1 Å². The smallest absolute Gasteiger partial charge is 0.235 e. The number of benzene rings is 1. The average molecular weight is 259 g/mol. The van der Waals surface area contributed by atoms with E-state index in [2.05, 4.69) is 5.32 Å². The third kappa shape index (κ3) is 1.96. The molecule has 1 aliphatic rings. The summed E-state index contributed by atoms with van der Waals surface area (Å²) in [5.41, 5.74) is -1.06. The SMILES string of the molecule is CCC1(C(=O)Nc2ccc(F)c(F)c2F)COC1. The van der Waals surface area contributed by atoms with E-state index in [1.807, 2.05) is 6.92 Å². The minimum atomic E-state index is -1.59. The Hall–Kier alpha value is -1.56. The normalized spacial score (nSPS) is 17.1. The van der Waals surface area contributed by atoms with Gasteiger partial charge in [-0.15, -0.1) is 0 Å². The first-order chi connectivity index (χ1) is 8.50. The quantitative estimate of drug-likeness (QED) is 0.847. The van der Waals surface area contributed by atoms with Gasteiger partial charge in [-0.1, -0.05) is 6.92 Å². The van der Waals surface area contributed by atoms with Gasteiger partial charge in [0, 0.05) is 0 Å². The Kier molecular flexibility index (Phi) is 3.30. The molecule has 0 spiro atoms.